The van der Waals surface area contributed by atoms with Crippen LogP contribution in [0.3, 0.4) is 0 Å². The van der Waals surface area contributed by atoms with Gasteiger partial charge in [-0.2, -0.15) is 0 Å². The Morgan fingerprint density at radius 3 is 2.69 bits per heavy atom. The van der Waals surface area contributed by atoms with E-state index >= 15 is 0 Å². The van der Waals surface area contributed by atoms with Gasteiger partial charge in [-0.15, -0.1) is 11.6 Å². The van der Waals surface area contributed by atoms with Crippen molar-refractivity contribution in [3.63, 3.8) is 0 Å². The van der Waals surface area contributed by atoms with E-state index in [-0.39, 0.29) is 5.91 Å². The number of hydrogen-bond donors (Lipinski definition) is 0. The standard InChI is InChI=1S/C11H18ClN3O/c1-11(2,8-12)10(16)15(4)7-9-13-5-6-14(9)3/h5-6H,7-8H2,1-4H3. The Balaban J connectivity index is 2.70. The van der Waals surface area contributed by atoms with Crippen LogP contribution in [0.4, 0.5) is 0 Å². The van der Waals surface area contributed by atoms with Gasteiger partial charge >= 0.3 is 0 Å². The fraction of sp³-hybridized carbons (Fsp3) is 0.636. The second kappa shape index (κ2) is 4.87. The highest BCUT2D eigenvalue weighted by molar-refractivity contribution is 6.19. The molecule has 1 aromatic rings. The molecule has 0 fully saturated rings. The predicted molar refractivity (Wildman–Crippen MR) is 64.2 cm³/mol. The molecule has 1 rings (SSSR count). The molecule has 0 atom stereocenters. The van der Waals surface area contributed by atoms with E-state index in [1.165, 1.54) is 0 Å². The summed E-state index contributed by atoms with van der Waals surface area (Å²) >= 11 is 5.78. The molecule has 1 heterocycles. The molecule has 0 spiro atoms. The van der Waals surface area contributed by atoms with E-state index in [0.717, 1.165) is 5.82 Å². The quantitative estimate of drug-likeness (QED) is 0.755. The Kier molecular flexibility index (Phi) is 3.97. The van der Waals surface area contributed by atoms with Gasteiger partial charge in [0.05, 0.1) is 12.0 Å². The molecule has 0 aliphatic heterocycles. The zero-order valence-corrected chi connectivity index (χ0v) is 11.0. The summed E-state index contributed by atoms with van der Waals surface area (Å²) in [5.74, 6) is 1.21. The summed E-state index contributed by atoms with van der Waals surface area (Å²) in [4.78, 5) is 17.9. The van der Waals surface area contributed by atoms with Gasteiger partial charge in [-0.3, -0.25) is 4.79 Å². The van der Waals surface area contributed by atoms with Crippen LogP contribution in [0, 0.1) is 5.41 Å². The summed E-state index contributed by atoms with van der Waals surface area (Å²) in [6.45, 7) is 4.19. The highest BCUT2D eigenvalue weighted by atomic mass is 35.5. The average molecular weight is 244 g/mol. The van der Waals surface area contributed by atoms with Crippen LogP contribution < -0.4 is 0 Å². The minimum Gasteiger partial charge on any atom is -0.338 e. The topological polar surface area (TPSA) is 38.1 Å². The number of carbonyl (C=O) groups excluding carboxylic acids is 1. The van der Waals surface area contributed by atoms with E-state index < -0.39 is 5.41 Å². The predicted octanol–water partition coefficient (Wildman–Crippen LogP) is 1.64. The average Bonchev–Trinajstić information content (AvgIpc) is 2.63. The van der Waals surface area contributed by atoms with Crippen molar-refractivity contribution in [3.05, 3.63) is 18.2 Å². The number of nitrogens with zero attached hydrogens (tertiary/aromatic N) is 3. The molecule has 16 heavy (non-hydrogen) atoms. The van der Waals surface area contributed by atoms with Crippen molar-refractivity contribution in [1.29, 1.82) is 0 Å². The first-order valence-electron chi connectivity index (χ1n) is 5.16. The number of halogens is 1. The summed E-state index contributed by atoms with van der Waals surface area (Å²) in [5.41, 5.74) is -0.526. The highest BCUT2D eigenvalue weighted by Gasteiger charge is 2.29. The third kappa shape index (κ3) is 2.76. The third-order valence-corrected chi connectivity index (χ3v) is 3.23. The molecule has 0 N–H and O–H groups in total. The number of carbonyl (C=O) groups is 1. The number of amides is 1. The SMILES string of the molecule is CN(Cc1nccn1C)C(=O)C(C)(C)CCl. The summed E-state index contributed by atoms with van der Waals surface area (Å²) in [6, 6.07) is 0. The van der Waals surface area contributed by atoms with Crippen molar-refractivity contribution in [1.82, 2.24) is 14.5 Å². The molecule has 0 radical (unpaired) electrons. The number of imidazole rings is 1. The fourth-order valence-electron chi connectivity index (χ4n) is 1.41. The number of hydrogen-bond acceptors (Lipinski definition) is 2. The number of alkyl halides is 1. The second-order valence-corrected chi connectivity index (χ2v) is 4.90. The van der Waals surface area contributed by atoms with E-state index in [9.17, 15) is 4.79 Å². The summed E-state index contributed by atoms with van der Waals surface area (Å²) < 4.78 is 1.90. The smallest absolute Gasteiger partial charge is 0.229 e. The van der Waals surface area contributed by atoms with E-state index in [1.807, 2.05) is 31.7 Å². The molecule has 4 nitrogen and oxygen atoms in total. The summed E-state index contributed by atoms with van der Waals surface area (Å²) in [6.07, 6.45) is 3.58. The van der Waals surface area contributed by atoms with Crippen molar-refractivity contribution < 1.29 is 4.79 Å². The molecule has 5 heteroatoms. The van der Waals surface area contributed by atoms with Gasteiger partial charge in [0.2, 0.25) is 5.91 Å². The molecule has 0 aromatic carbocycles. The van der Waals surface area contributed by atoms with Gasteiger partial charge in [-0.05, 0) is 13.8 Å². The molecule has 90 valence electrons. The molecule has 1 amide bonds. The lowest BCUT2D eigenvalue weighted by molar-refractivity contribution is -0.138. The first-order chi connectivity index (χ1) is 7.38. The van der Waals surface area contributed by atoms with Gasteiger partial charge in [-0.1, -0.05) is 0 Å². The maximum absolute atomic E-state index is 12.0. The van der Waals surface area contributed by atoms with Gasteiger partial charge in [-0.25, -0.2) is 4.98 Å². The molecular weight excluding hydrogens is 226 g/mol. The number of rotatable bonds is 4. The van der Waals surface area contributed by atoms with Gasteiger partial charge in [0.15, 0.2) is 0 Å². The van der Waals surface area contributed by atoms with E-state index in [1.54, 1.807) is 18.1 Å². The number of aromatic nitrogens is 2. The van der Waals surface area contributed by atoms with Gasteiger partial charge in [0, 0.05) is 32.4 Å². The van der Waals surface area contributed by atoms with Crippen molar-refractivity contribution in [2.75, 3.05) is 12.9 Å². The molecule has 0 unspecified atom stereocenters. The van der Waals surface area contributed by atoms with E-state index in [4.69, 9.17) is 11.6 Å². The van der Waals surface area contributed by atoms with E-state index in [2.05, 4.69) is 4.98 Å². The molecular formula is C11H18ClN3O. The monoisotopic (exact) mass is 243 g/mol. The second-order valence-electron chi connectivity index (χ2n) is 4.63. The molecule has 0 saturated carbocycles. The van der Waals surface area contributed by atoms with Crippen LogP contribution in [0.15, 0.2) is 12.4 Å². The zero-order chi connectivity index (χ0) is 12.3. The van der Waals surface area contributed by atoms with Crippen LogP contribution in [-0.4, -0.2) is 33.3 Å². The van der Waals surface area contributed by atoms with Crippen LogP contribution in [0.1, 0.15) is 19.7 Å². The lowest BCUT2D eigenvalue weighted by Crippen LogP contribution is -2.39. The van der Waals surface area contributed by atoms with Gasteiger partial charge in [0.1, 0.15) is 5.82 Å². The van der Waals surface area contributed by atoms with Gasteiger partial charge < -0.3 is 9.47 Å². The van der Waals surface area contributed by atoms with Crippen LogP contribution in [0.2, 0.25) is 0 Å². The zero-order valence-electron chi connectivity index (χ0n) is 10.2. The molecule has 0 bridgehead atoms. The highest BCUT2D eigenvalue weighted by Crippen LogP contribution is 2.20. The Labute approximate surface area is 101 Å². The third-order valence-electron chi connectivity index (χ3n) is 2.56. The maximum Gasteiger partial charge on any atom is 0.229 e. The van der Waals surface area contributed by atoms with Crippen LogP contribution in [-0.2, 0) is 18.4 Å². The molecule has 0 saturated heterocycles. The minimum absolute atomic E-state index is 0.0329. The van der Waals surface area contributed by atoms with Crippen molar-refractivity contribution >= 4 is 17.5 Å². The minimum atomic E-state index is -0.526. The van der Waals surface area contributed by atoms with E-state index in [0.29, 0.717) is 12.4 Å². The first kappa shape index (κ1) is 13.0. The van der Waals surface area contributed by atoms with Crippen LogP contribution in [0.25, 0.3) is 0 Å². The maximum atomic E-state index is 12.0. The molecule has 0 aliphatic rings. The van der Waals surface area contributed by atoms with Crippen LogP contribution in [0.5, 0.6) is 0 Å². The molecule has 1 aromatic heterocycles. The number of aryl methyl sites for hydroxylation is 1. The Morgan fingerprint density at radius 2 is 2.25 bits per heavy atom. The Hall–Kier alpha value is -1.03. The summed E-state index contributed by atoms with van der Waals surface area (Å²) in [5, 5.41) is 0. The van der Waals surface area contributed by atoms with Crippen molar-refractivity contribution in [2.45, 2.75) is 20.4 Å². The lowest BCUT2D eigenvalue weighted by atomic mass is 9.94. The van der Waals surface area contributed by atoms with Crippen molar-refractivity contribution in [2.24, 2.45) is 12.5 Å². The Bertz CT molecular complexity index is 373. The lowest BCUT2D eigenvalue weighted by Gasteiger charge is -2.27. The largest absolute Gasteiger partial charge is 0.338 e. The van der Waals surface area contributed by atoms with Crippen molar-refractivity contribution in [3.8, 4) is 0 Å². The molecule has 0 aliphatic carbocycles. The summed E-state index contributed by atoms with van der Waals surface area (Å²) in [7, 11) is 3.68. The first-order valence-corrected chi connectivity index (χ1v) is 5.69. The Morgan fingerprint density at radius 1 is 1.62 bits per heavy atom. The normalized spacial score (nSPS) is 11.6. The fourth-order valence-corrected chi connectivity index (χ4v) is 1.52. The van der Waals surface area contributed by atoms with Gasteiger partial charge in [0.25, 0.3) is 0 Å². The van der Waals surface area contributed by atoms with Crippen LogP contribution >= 0.6 is 11.6 Å².